The van der Waals surface area contributed by atoms with Gasteiger partial charge in [0.2, 0.25) is 5.89 Å². The van der Waals surface area contributed by atoms with E-state index in [2.05, 4.69) is 55.8 Å². The number of pyridine rings is 1. The fourth-order valence-corrected chi connectivity index (χ4v) is 6.00. The first-order valence-corrected chi connectivity index (χ1v) is 12.8. The average Bonchev–Trinajstić information content (AvgIpc) is 3.30. The van der Waals surface area contributed by atoms with Gasteiger partial charge in [-0.15, -0.1) is 0 Å². The Hall–Kier alpha value is -3.71. The zero-order valence-electron chi connectivity index (χ0n) is 20.3. The summed E-state index contributed by atoms with van der Waals surface area (Å²) in [5.74, 6) is 0.531. The number of nitrogens with one attached hydrogen (secondary N) is 2. The molecule has 2 bridgehead atoms. The fraction of sp³-hybridized carbons (Fsp3) is 0.345. The molecule has 182 valence electrons. The molecule has 4 aromatic rings. The Morgan fingerprint density at radius 2 is 1.92 bits per heavy atom. The van der Waals surface area contributed by atoms with Gasteiger partial charge in [-0.2, -0.15) is 0 Å². The first-order valence-electron chi connectivity index (χ1n) is 12.8. The predicted octanol–water partition coefficient (Wildman–Crippen LogP) is 4.56. The molecule has 1 aliphatic carbocycles. The van der Waals surface area contributed by atoms with Gasteiger partial charge in [-0.3, -0.25) is 9.78 Å². The third kappa shape index (κ3) is 3.66. The summed E-state index contributed by atoms with van der Waals surface area (Å²) in [6, 6.07) is 15.5. The van der Waals surface area contributed by atoms with Crippen LogP contribution in [0, 0.1) is 6.92 Å². The molecule has 7 nitrogen and oxygen atoms in total. The normalized spacial score (nSPS) is 22.1. The number of rotatable bonds is 5. The fourth-order valence-electron chi connectivity index (χ4n) is 6.00. The molecule has 0 spiro atoms. The minimum Gasteiger partial charge on any atom is -0.445 e. The van der Waals surface area contributed by atoms with Gasteiger partial charge in [-0.25, -0.2) is 4.98 Å². The van der Waals surface area contributed by atoms with Gasteiger partial charge in [0.25, 0.3) is 5.91 Å². The molecular weight excluding hydrogens is 450 g/mol. The highest BCUT2D eigenvalue weighted by molar-refractivity contribution is 5.98. The van der Waals surface area contributed by atoms with Gasteiger partial charge < -0.3 is 20.0 Å². The largest absolute Gasteiger partial charge is 0.445 e. The van der Waals surface area contributed by atoms with Crippen LogP contribution in [0.1, 0.15) is 47.2 Å². The second-order valence-electron chi connectivity index (χ2n) is 10.5. The van der Waals surface area contributed by atoms with Gasteiger partial charge in [0.15, 0.2) is 0 Å². The van der Waals surface area contributed by atoms with Crippen molar-refractivity contribution >= 4 is 22.5 Å². The number of carbonyl (C=O) groups is 1. The van der Waals surface area contributed by atoms with Gasteiger partial charge in [-0.1, -0.05) is 12.1 Å². The van der Waals surface area contributed by atoms with E-state index in [1.807, 2.05) is 19.1 Å². The summed E-state index contributed by atoms with van der Waals surface area (Å²) in [5, 5.41) is 8.15. The molecule has 0 radical (unpaired) electrons. The lowest BCUT2D eigenvalue weighted by molar-refractivity contribution is 0.0930. The van der Waals surface area contributed by atoms with Crippen LogP contribution in [-0.2, 0) is 5.54 Å². The smallest absolute Gasteiger partial charge is 0.252 e. The van der Waals surface area contributed by atoms with Crippen LogP contribution in [0.15, 0.2) is 65.5 Å². The first-order chi connectivity index (χ1) is 17.6. The van der Waals surface area contributed by atoms with Crippen molar-refractivity contribution in [2.45, 2.75) is 50.2 Å². The zero-order chi connectivity index (χ0) is 24.3. The number of piperazine rings is 1. The minimum absolute atomic E-state index is 0.0245. The van der Waals surface area contributed by atoms with Gasteiger partial charge >= 0.3 is 0 Å². The van der Waals surface area contributed by atoms with Gasteiger partial charge in [0, 0.05) is 53.6 Å². The van der Waals surface area contributed by atoms with Crippen LogP contribution in [0.3, 0.4) is 0 Å². The predicted molar refractivity (Wildman–Crippen MR) is 139 cm³/mol. The molecule has 2 aromatic carbocycles. The molecular formula is C29H29N5O2. The van der Waals surface area contributed by atoms with E-state index in [4.69, 9.17) is 4.42 Å². The number of fused-ring (bicyclic) bond motifs is 3. The number of benzene rings is 2. The molecule has 7 rings (SSSR count). The molecule has 2 aliphatic heterocycles. The molecule has 7 heteroatoms. The number of hydrogen-bond donors (Lipinski definition) is 2. The van der Waals surface area contributed by atoms with Crippen LogP contribution >= 0.6 is 0 Å². The van der Waals surface area contributed by atoms with E-state index in [1.54, 1.807) is 18.7 Å². The van der Waals surface area contributed by atoms with Crippen LogP contribution < -0.4 is 15.5 Å². The number of aromatic nitrogens is 2. The highest BCUT2D eigenvalue weighted by Crippen LogP contribution is 2.49. The number of anilines is 1. The molecule has 2 atom stereocenters. The van der Waals surface area contributed by atoms with Gasteiger partial charge in [0.05, 0.1) is 17.3 Å². The molecule has 1 amide bonds. The van der Waals surface area contributed by atoms with Crippen molar-refractivity contribution in [1.29, 1.82) is 0 Å². The van der Waals surface area contributed by atoms with Gasteiger partial charge in [0.1, 0.15) is 6.26 Å². The summed E-state index contributed by atoms with van der Waals surface area (Å²) < 4.78 is 5.58. The lowest BCUT2D eigenvalue weighted by Gasteiger charge is -2.35. The Kier molecular flexibility index (Phi) is 4.89. The van der Waals surface area contributed by atoms with Crippen molar-refractivity contribution in [3.8, 4) is 11.5 Å². The lowest BCUT2D eigenvalue weighted by Crippen LogP contribution is -2.51. The van der Waals surface area contributed by atoms with E-state index in [1.165, 1.54) is 12.8 Å². The van der Waals surface area contributed by atoms with Crippen molar-refractivity contribution in [3.63, 3.8) is 0 Å². The molecule has 2 N–H and O–H groups in total. The van der Waals surface area contributed by atoms with E-state index < -0.39 is 5.54 Å². The summed E-state index contributed by atoms with van der Waals surface area (Å²) in [4.78, 5) is 25.1. The molecule has 3 fully saturated rings. The Bertz CT molecular complexity index is 1450. The van der Waals surface area contributed by atoms with Crippen molar-refractivity contribution in [2.24, 2.45) is 0 Å². The highest BCUT2D eigenvalue weighted by atomic mass is 16.3. The molecule has 2 unspecified atom stereocenters. The third-order valence-electron chi connectivity index (χ3n) is 8.07. The van der Waals surface area contributed by atoms with Crippen LogP contribution in [0.25, 0.3) is 22.4 Å². The minimum atomic E-state index is -0.419. The SMILES string of the molecule is Cc1ccc(N2CC3CCC(C2)N3)cc1C(=O)NC1(c2cc(-c3ncco3)cc3ncccc23)CC1. The summed E-state index contributed by atoms with van der Waals surface area (Å²) in [7, 11) is 0. The second-order valence-corrected chi connectivity index (χ2v) is 10.5. The lowest BCUT2D eigenvalue weighted by atomic mass is 9.95. The number of oxazole rings is 1. The molecule has 2 aromatic heterocycles. The van der Waals surface area contributed by atoms with Crippen LogP contribution in [-0.4, -0.2) is 41.0 Å². The van der Waals surface area contributed by atoms with Crippen molar-refractivity contribution < 1.29 is 9.21 Å². The number of hydrogen-bond acceptors (Lipinski definition) is 6. The summed E-state index contributed by atoms with van der Waals surface area (Å²) >= 11 is 0. The molecule has 1 saturated carbocycles. The van der Waals surface area contributed by atoms with E-state index >= 15 is 0 Å². The maximum absolute atomic E-state index is 13.7. The average molecular weight is 480 g/mol. The topological polar surface area (TPSA) is 83.3 Å². The van der Waals surface area contributed by atoms with Crippen molar-refractivity contribution in [3.05, 3.63) is 77.8 Å². The Morgan fingerprint density at radius 1 is 1.08 bits per heavy atom. The molecule has 36 heavy (non-hydrogen) atoms. The molecule has 4 heterocycles. The Morgan fingerprint density at radius 3 is 2.67 bits per heavy atom. The van der Waals surface area contributed by atoms with Gasteiger partial charge in [-0.05, 0) is 74.1 Å². The van der Waals surface area contributed by atoms with E-state index in [0.717, 1.165) is 64.8 Å². The van der Waals surface area contributed by atoms with E-state index in [0.29, 0.717) is 18.0 Å². The summed E-state index contributed by atoms with van der Waals surface area (Å²) in [6.07, 6.45) is 9.25. The second kappa shape index (κ2) is 8.17. The van der Waals surface area contributed by atoms with Crippen LogP contribution in [0.5, 0.6) is 0 Å². The molecule has 2 saturated heterocycles. The summed E-state index contributed by atoms with van der Waals surface area (Å²) in [6.45, 7) is 4.01. The van der Waals surface area contributed by atoms with Crippen LogP contribution in [0.4, 0.5) is 5.69 Å². The van der Waals surface area contributed by atoms with Crippen molar-refractivity contribution in [2.75, 3.05) is 18.0 Å². The molecule has 3 aliphatic rings. The standard InChI is InChI=1S/C29H29N5O2/c1-18-4-7-22(34-16-20-5-6-21(17-34)32-20)15-24(18)27(35)33-29(8-9-29)25-13-19(28-31-11-12-36-28)14-26-23(25)3-2-10-30-26/h2-4,7,10-15,20-21,32H,5-6,8-9,16-17H2,1H3,(H,33,35). The zero-order valence-corrected chi connectivity index (χ0v) is 20.3. The van der Waals surface area contributed by atoms with Crippen LogP contribution in [0.2, 0.25) is 0 Å². The maximum atomic E-state index is 13.7. The number of carbonyl (C=O) groups excluding carboxylic acids is 1. The maximum Gasteiger partial charge on any atom is 0.252 e. The van der Waals surface area contributed by atoms with E-state index in [9.17, 15) is 4.79 Å². The first kappa shape index (κ1) is 21.6. The number of aryl methyl sites for hydroxylation is 1. The number of amides is 1. The Labute approximate surface area is 209 Å². The third-order valence-corrected chi connectivity index (χ3v) is 8.07. The van der Waals surface area contributed by atoms with Crippen molar-refractivity contribution in [1.82, 2.24) is 20.6 Å². The Balaban J connectivity index is 1.22. The summed E-state index contributed by atoms with van der Waals surface area (Å²) in [5.41, 5.74) is 5.26. The quantitative estimate of drug-likeness (QED) is 0.437. The monoisotopic (exact) mass is 479 g/mol. The van der Waals surface area contributed by atoms with E-state index in [-0.39, 0.29) is 5.91 Å². The highest BCUT2D eigenvalue weighted by Gasteiger charge is 2.47. The number of nitrogens with zero attached hydrogens (tertiary/aromatic N) is 3.